The third-order valence-electron chi connectivity index (χ3n) is 8.08. The van der Waals surface area contributed by atoms with Crippen molar-refractivity contribution < 1.29 is 4.79 Å². The van der Waals surface area contributed by atoms with Crippen molar-refractivity contribution in [3.05, 3.63) is 27.8 Å². The van der Waals surface area contributed by atoms with Gasteiger partial charge >= 0.3 is 0 Å². The highest BCUT2D eigenvalue weighted by Crippen LogP contribution is 2.51. The number of nitrogens with one attached hydrogen (secondary N) is 1. The lowest BCUT2D eigenvalue weighted by Gasteiger charge is -2.28. The Kier molecular flexibility index (Phi) is 5.51. The van der Waals surface area contributed by atoms with Crippen molar-refractivity contribution in [1.82, 2.24) is 10.2 Å². The quantitative estimate of drug-likeness (QED) is 0.705. The van der Waals surface area contributed by atoms with Gasteiger partial charge in [-0.15, -0.1) is 0 Å². The first-order valence-corrected chi connectivity index (χ1v) is 12.1. The number of nitrogens with two attached hydrogens (primary N) is 1. The molecular weight excluding hydrogens is 382 g/mol. The number of halogens is 1. The van der Waals surface area contributed by atoms with Crippen LogP contribution in [0.25, 0.3) is 0 Å². The predicted molar refractivity (Wildman–Crippen MR) is 118 cm³/mol. The molecule has 29 heavy (non-hydrogen) atoms. The largest absolute Gasteiger partial charge is 0.397 e. The molecule has 0 spiro atoms. The summed E-state index contributed by atoms with van der Waals surface area (Å²) in [6.45, 7) is 4.60. The molecule has 0 radical (unpaired) electrons. The molecule has 5 heteroatoms. The van der Waals surface area contributed by atoms with Gasteiger partial charge in [-0.3, -0.25) is 4.79 Å². The minimum absolute atomic E-state index is 0.0362. The van der Waals surface area contributed by atoms with Gasteiger partial charge in [0.25, 0.3) is 5.91 Å². The van der Waals surface area contributed by atoms with Gasteiger partial charge in [0, 0.05) is 31.7 Å². The molecule has 1 aliphatic heterocycles. The second-order valence-corrected chi connectivity index (χ2v) is 10.3. The zero-order chi connectivity index (χ0) is 20.0. The number of carbonyl (C=O) groups excluding carboxylic acids is 1. The number of likely N-dealkylation sites (tertiary alicyclic amines) is 1. The van der Waals surface area contributed by atoms with Gasteiger partial charge in [0.2, 0.25) is 0 Å². The number of carbonyl (C=O) groups is 1. The van der Waals surface area contributed by atoms with E-state index >= 15 is 0 Å². The Morgan fingerprint density at radius 2 is 1.76 bits per heavy atom. The number of piperidine rings is 1. The summed E-state index contributed by atoms with van der Waals surface area (Å²) in [5.74, 6) is 3.22. The normalized spacial score (nSPS) is 29.3. The summed E-state index contributed by atoms with van der Waals surface area (Å²) < 4.78 is 0. The maximum absolute atomic E-state index is 12.9. The van der Waals surface area contributed by atoms with Crippen LogP contribution in [0.5, 0.6) is 0 Å². The van der Waals surface area contributed by atoms with E-state index in [2.05, 4.69) is 10.2 Å². The third-order valence-corrected chi connectivity index (χ3v) is 8.39. The average Bonchev–Trinajstić information content (AvgIpc) is 3.20. The lowest BCUT2D eigenvalue weighted by molar-refractivity contribution is 0.0947. The van der Waals surface area contributed by atoms with Crippen molar-refractivity contribution in [3.8, 4) is 0 Å². The number of nitrogen functional groups attached to an aromatic ring is 1. The summed E-state index contributed by atoms with van der Waals surface area (Å²) in [6, 6.07) is 1.79. The Hall–Kier alpha value is -1.26. The van der Waals surface area contributed by atoms with E-state index in [9.17, 15) is 4.79 Å². The van der Waals surface area contributed by atoms with Crippen molar-refractivity contribution in [2.45, 2.75) is 57.8 Å². The molecule has 1 saturated heterocycles. The number of rotatable bonds is 5. The fraction of sp³-hybridized carbons (Fsp3) is 0.708. The summed E-state index contributed by atoms with van der Waals surface area (Å²) in [6.07, 6.45) is 11.3. The maximum atomic E-state index is 12.9. The molecule has 5 rings (SSSR count). The summed E-state index contributed by atoms with van der Waals surface area (Å²) in [7, 11) is 0. The maximum Gasteiger partial charge on any atom is 0.251 e. The molecule has 3 fully saturated rings. The first-order chi connectivity index (χ1) is 14.1. The zero-order valence-electron chi connectivity index (χ0n) is 17.4. The van der Waals surface area contributed by atoms with E-state index in [4.69, 9.17) is 17.3 Å². The molecule has 4 aliphatic rings. The summed E-state index contributed by atoms with van der Waals surface area (Å²) in [4.78, 5) is 15.6. The Bertz CT molecular complexity index is 777. The smallest absolute Gasteiger partial charge is 0.251 e. The number of amides is 1. The number of benzene rings is 1. The minimum Gasteiger partial charge on any atom is -0.397 e. The summed E-state index contributed by atoms with van der Waals surface area (Å²) in [5, 5.41) is 3.75. The molecule has 4 nitrogen and oxygen atoms in total. The van der Waals surface area contributed by atoms with Gasteiger partial charge in [-0.25, -0.2) is 0 Å². The van der Waals surface area contributed by atoms with E-state index < -0.39 is 0 Å². The minimum atomic E-state index is 0.0362. The molecule has 2 saturated carbocycles. The molecule has 1 aromatic rings. The number of hydrogen-bond donors (Lipinski definition) is 2. The number of fused-ring (bicyclic) bond motifs is 2. The van der Waals surface area contributed by atoms with Crippen LogP contribution in [0.1, 0.15) is 66.4 Å². The van der Waals surface area contributed by atoms with E-state index in [0.29, 0.717) is 16.6 Å². The summed E-state index contributed by atoms with van der Waals surface area (Å²) in [5.41, 5.74) is 9.84. The van der Waals surface area contributed by atoms with Crippen LogP contribution in [-0.4, -0.2) is 37.0 Å². The van der Waals surface area contributed by atoms with Crippen molar-refractivity contribution in [3.63, 3.8) is 0 Å². The van der Waals surface area contributed by atoms with E-state index in [1.165, 1.54) is 51.7 Å². The molecule has 0 bridgehead atoms. The SMILES string of the molecule is Nc1c(Cl)cc(C(=O)NCC2C3CN(CC4CCCCC4)CC23)c2c1CCCC2. The molecule has 1 aromatic carbocycles. The molecule has 1 heterocycles. The molecular formula is C24H34ClN3O. The van der Waals surface area contributed by atoms with Gasteiger partial charge in [0.15, 0.2) is 0 Å². The highest BCUT2D eigenvalue weighted by molar-refractivity contribution is 6.33. The third kappa shape index (κ3) is 3.90. The number of hydrogen-bond acceptors (Lipinski definition) is 3. The first-order valence-electron chi connectivity index (χ1n) is 11.7. The van der Waals surface area contributed by atoms with Crippen LogP contribution in [0, 0.1) is 23.7 Å². The lowest BCUT2D eigenvalue weighted by Crippen LogP contribution is -2.34. The van der Waals surface area contributed by atoms with Crippen LogP contribution in [0.4, 0.5) is 5.69 Å². The molecule has 0 aromatic heterocycles. The number of nitrogens with zero attached hydrogens (tertiary/aromatic N) is 1. The fourth-order valence-corrected chi connectivity index (χ4v) is 6.59. The number of anilines is 1. The zero-order valence-corrected chi connectivity index (χ0v) is 18.1. The lowest BCUT2D eigenvalue weighted by atomic mass is 9.86. The van der Waals surface area contributed by atoms with E-state index in [-0.39, 0.29) is 5.91 Å². The highest BCUT2D eigenvalue weighted by Gasteiger charge is 2.55. The second kappa shape index (κ2) is 8.11. The molecule has 1 amide bonds. The Labute approximate surface area is 179 Å². The van der Waals surface area contributed by atoms with Gasteiger partial charge in [0.1, 0.15) is 0 Å². The van der Waals surface area contributed by atoms with Crippen LogP contribution in [0.3, 0.4) is 0 Å². The molecule has 3 N–H and O–H groups in total. The van der Waals surface area contributed by atoms with Gasteiger partial charge in [-0.1, -0.05) is 30.9 Å². The van der Waals surface area contributed by atoms with E-state index in [1.54, 1.807) is 6.07 Å². The van der Waals surface area contributed by atoms with Crippen molar-refractivity contribution >= 4 is 23.2 Å². The molecule has 2 unspecified atom stereocenters. The Balaban J connectivity index is 1.14. The first kappa shape index (κ1) is 19.7. The molecule has 2 atom stereocenters. The average molecular weight is 416 g/mol. The summed E-state index contributed by atoms with van der Waals surface area (Å²) >= 11 is 6.33. The highest BCUT2D eigenvalue weighted by atomic mass is 35.5. The van der Waals surface area contributed by atoms with E-state index in [0.717, 1.165) is 66.7 Å². The van der Waals surface area contributed by atoms with Crippen LogP contribution < -0.4 is 11.1 Å². The Morgan fingerprint density at radius 1 is 1.07 bits per heavy atom. The van der Waals surface area contributed by atoms with Gasteiger partial charge < -0.3 is 16.0 Å². The van der Waals surface area contributed by atoms with Crippen LogP contribution in [0.15, 0.2) is 6.07 Å². The van der Waals surface area contributed by atoms with Crippen molar-refractivity contribution in [1.29, 1.82) is 0 Å². The van der Waals surface area contributed by atoms with Gasteiger partial charge in [-0.05, 0) is 79.4 Å². The van der Waals surface area contributed by atoms with Crippen molar-refractivity contribution in [2.75, 3.05) is 31.9 Å². The Morgan fingerprint density at radius 3 is 2.48 bits per heavy atom. The fourth-order valence-electron chi connectivity index (χ4n) is 6.37. The second-order valence-electron chi connectivity index (χ2n) is 9.91. The molecule has 158 valence electrons. The van der Waals surface area contributed by atoms with Crippen LogP contribution in [0.2, 0.25) is 5.02 Å². The van der Waals surface area contributed by atoms with Crippen molar-refractivity contribution in [2.24, 2.45) is 23.7 Å². The van der Waals surface area contributed by atoms with E-state index in [1.807, 2.05) is 0 Å². The van der Waals surface area contributed by atoms with Gasteiger partial charge in [-0.2, -0.15) is 0 Å². The monoisotopic (exact) mass is 415 g/mol. The van der Waals surface area contributed by atoms with Crippen LogP contribution >= 0.6 is 11.6 Å². The van der Waals surface area contributed by atoms with Crippen LogP contribution in [-0.2, 0) is 12.8 Å². The standard InChI is InChI=1S/C24H34ClN3O/c25-22-10-18(16-8-4-5-9-17(16)23(22)26)24(29)27-11-19-20-13-28(14-21(19)20)12-15-6-2-1-3-7-15/h10,15,19-21H,1-9,11-14,26H2,(H,27,29). The topological polar surface area (TPSA) is 58.4 Å². The molecule has 3 aliphatic carbocycles. The van der Waals surface area contributed by atoms with Gasteiger partial charge in [0.05, 0.1) is 10.7 Å². The predicted octanol–water partition coefficient (Wildman–Crippen LogP) is 4.29.